The number of allylic oxidation sites excluding steroid dienone is 1. The number of carbonyl (C=O) groups is 2. The van der Waals surface area contributed by atoms with Crippen molar-refractivity contribution in [2.45, 2.75) is 50.9 Å². The average Bonchev–Trinajstić information content (AvgIpc) is 3.43. The predicted octanol–water partition coefficient (Wildman–Crippen LogP) is 5.34. The Morgan fingerprint density at radius 2 is 1.97 bits per heavy atom. The molecule has 1 aliphatic carbocycles. The van der Waals surface area contributed by atoms with Crippen LogP contribution in [0, 0.1) is 0 Å². The summed E-state index contributed by atoms with van der Waals surface area (Å²) in [5, 5.41) is 6.75. The second-order valence-corrected chi connectivity index (χ2v) is 10.4. The van der Waals surface area contributed by atoms with E-state index in [0.29, 0.717) is 36.8 Å². The molecule has 5 rings (SSSR count). The molecule has 1 aliphatic heterocycles. The van der Waals surface area contributed by atoms with Crippen LogP contribution in [0.1, 0.15) is 76.8 Å². The Labute approximate surface area is 215 Å². The van der Waals surface area contributed by atoms with E-state index in [2.05, 4.69) is 21.4 Å². The molecule has 36 heavy (non-hydrogen) atoms. The molecule has 1 saturated heterocycles. The number of pyridine rings is 1. The number of benzene rings is 1. The first kappa shape index (κ1) is 24.4. The lowest BCUT2D eigenvalue weighted by atomic mass is 9.97. The highest BCUT2D eigenvalue weighted by molar-refractivity contribution is 7.09. The van der Waals surface area contributed by atoms with Crippen LogP contribution in [0.25, 0.3) is 10.9 Å². The lowest BCUT2D eigenvalue weighted by Crippen LogP contribution is -2.38. The number of methoxy groups -OCH3 is 1. The summed E-state index contributed by atoms with van der Waals surface area (Å²) in [6, 6.07) is 9.41. The molecule has 188 valence electrons. The van der Waals surface area contributed by atoms with E-state index in [1.807, 2.05) is 34.5 Å². The minimum absolute atomic E-state index is 0.0789. The molecule has 0 saturated carbocycles. The van der Waals surface area contributed by atoms with Gasteiger partial charge in [-0.3, -0.25) is 9.59 Å². The average molecular weight is 505 g/mol. The summed E-state index contributed by atoms with van der Waals surface area (Å²) in [6.07, 6.45) is 9.73. The van der Waals surface area contributed by atoms with Crippen LogP contribution in [-0.2, 0) is 0 Å². The van der Waals surface area contributed by atoms with Gasteiger partial charge in [-0.2, -0.15) is 0 Å². The molecule has 0 atom stereocenters. The van der Waals surface area contributed by atoms with Crippen molar-refractivity contribution in [3.63, 3.8) is 0 Å². The molecule has 7 nitrogen and oxygen atoms in total. The van der Waals surface area contributed by atoms with Crippen LogP contribution >= 0.6 is 11.3 Å². The number of carbonyl (C=O) groups excluding carboxylic acids is 2. The van der Waals surface area contributed by atoms with Crippen LogP contribution in [0.15, 0.2) is 47.4 Å². The minimum Gasteiger partial charge on any atom is -0.496 e. The Morgan fingerprint density at radius 1 is 1.14 bits per heavy atom. The number of aromatic nitrogens is 2. The van der Waals surface area contributed by atoms with Crippen LogP contribution in [0.3, 0.4) is 0 Å². The number of rotatable bonds is 7. The van der Waals surface area contributed by atoms with Crippen molar-refractivity contribution in [2.75, 3.05) is 26.7 Å². The Bertz CT molecular complexity index is 1280. The molecule has 0 bridgehead atoms. The first-order valence-corrected chi connectivity index (χ1v) is 13.6. The van der Waals surface area contributed by atoms with E-state index in [0.717, 1.165) is 48.0 Å². The fraction of sp³-hybridized carbons (Fsp3) is 0.429. The van der Waals surface area contributed by atoms with E-state index >= 15 is 0 Å². The normalized spacial score (nSPS) is 16.6. The van der Waals surface area contributed by atoms with Gasteiger partial charge in [-0.15, -0.1) is 11.3 Å². The number of piperidine rings is 1. The molecule has 3 aromatic rings. The molecular weight excluding hydrogens is 472 g/mol. The first-order valence-electron chi connectivity index (χ1n) is 12.8. The SMILES string of the molecule is COc1cc(C(=O)N2CCC(c3nc(C(=O)NCCC4=CCCCC4)cs3)CC2)nc2ccccc12. The van der Waals surface area contributed by atoms with Gasteiger partial charge >= 0.3 is 0 Å². The monoisotopic (exact) mass is 504 g/mol. The molecule has 1 aromatic carbocycles. The van der Waals surface area contributed by atoms with Crippen molar-refractivity contribution in [1.29, 1.82) is 0 Å². The van der Waals surface area contributed by atoms with Gasteiger partial charge in [0, 0.05) is 42.4 Å². The lowest BCUT2D eigenvalue weighted by molar-refractivity contribution is 0.0707. The maximum absolute atomic E-state index is 13.2. The molecular formula is C28H32N4O3S. The van der Waals surface area contributed by atoms with Crippen LogP contribution < -0.4 is 10.1 Å². The summed E-state index contributed by atoms with van der Waals surface area (Å²) in [5.74, 6) is 0.734. The summed E-state index contributed by atoms with van der Waals surface area (Å²) < 4.78 is 5.50. The third kappa shape index (κ3) is 5.43. The molecule has 0 unspecified atom stereocenters. The second-order valence-electron chi connectivity index (χ2n) is 9.48. The number of nitrogens with one attached hydrogen (secondary N) is 1. The highest BCUT2D eigenvalue weighted by Crippen LogP contribution is 2.32. The van der Waals surface area contributed by atoms with E-state index in [1.165, 1.54) is 18.4 Å². The first-order chi connectivity index (χ1) is 17.6. The van der Waals surface area contributed by atoms with Crippen LogP contribution in [0.5, 0.6) is 5.75 Å². The van der Waals surface area contributed by atoms with Gasteiger partial charge in [0.25, 0.3) is 11.8 Å². The van der Waals surface area contributed by atoms with Crippen LogP contribution in [-0.4, -0.2) is 53.4 Å². The third-order valence-corrected chi connectivity index (χ3v) is 8.13. The molecule has 0 spiro atoms. The van der Waals surface area contributed by atoms with E-state index in [-0.39, 0.29) is 17.7 Å². The summed E-state index contributed by atoms with van der Waals surface area (Å²) in [6.45, 7) is 1.93. The van der Waals surface area contributed by atoms with Crippen LogP contribution in [0.2, 0.25) is 0 Å². The molecule has 8 heteroatoms. The van der Waals surface area contributed by atoms with Crippen molar-refractivity contribution >= 4 is 34.1 Å². The Morgan fingerprint density at radius 3 is 2.75 bits per heavy atom. The Hall–Kier alpha value is -3.26. The van der Waals surface area contributed by atoms with Crippen LogP contribution in [0.4, 0.5) is 0 Å². The molecule has 1 fully saturated rings. The smallest absolute Gasteiger partial charge is 0.272 e. The summed E-state index contributed by atoms with van der Waals surface area (Å²) in [4.78, 5) is 36.9. The molecule has 2 aromatic heterocycles. The fourth-order valence-electron chi connectivity index (χ4n) is 5.05. The van der Waals surface area contributed by atoms with Crippen molar-refractivity contribution in [2.24, 2.45) is 0 Å². The Kier molecular flexibility index (Phi) is 7.60. The van der Waals surface area contributed by atoms with Gasteiger partial charge in [0.15, 0.2) is 0 Å². The topological polar surface area (TPSA) is 84.4 Å². The van der Waals surface area contributed by atoms with Gasteiger partial charge in [0.1, 0.15) is 17.1 Å². The van der Waals surface area contributed by atoms with Gasteiger partial charge in [-0.25, -0.2) is 9.97 Å². The van der Waals surface area contributed by atoms with Crippen molar-refractivity contribution in [3.05, 3.63) is 63.8 Å². The number of fused-ring (bicyclic) bond motifs is 1. The van der Waals surface area contributed by atoms with E-state index in [1.54, 1.807) is 24.5 Å². The zero-order chi connectivity index (χ0) is 24.9. The number of hydrogen-bond acceptors (Lipinski definition) is 6. The molecule has 2 aliphatic rings. The summed E-state index contributed by atoms with van der Waals surface area (Å²) in [7, 11) is 1.61. The number of para-hydroxylation sites is 1. The zero-order valence-electron chi connectivity index (χ0n) is 20.7. The molecule has 2 amide bonds. The molecule has 1 N–H and O–H groups in total. The molecule has 3 heterocycles. The minimum atomic E-state index is -0.0992. The van der Waals surface area contributed by atoms with Crippen molar-refractivity contribution in [1.82, 2.24) is 20.2 Å². The van der Waals surface area contributed by atoms with Crippen molar-refractivity contribution < 1.29 is 14.3 Å². The number of hydrogen-bond donors (Lipinski definition) is 1. The number of ether oxygens (including phenoxy) is 1. The zero-order valence-corrected chi connectivity index (χ0v) is 21.5. The quantitative estimate of drug-likeness (QED) is 0.439. The summed E-state index contributed by atoms with van der Waals surface area (Å²) in [5.41, 5.74) is 3.11. The number of likely N-dealkylation sites (tertiary alicyclic amines) is 1. The summed E-state index contributed by atoms with van der Waals surface area (Å²) >= 11 is 1.54. The predicted molar refractivity (Wildman–Crippen MR) is 142 cm³/mol. The maximum Gasteiger partial charge on any atom is 0.272 e. The second kappa shape index (κ2) is 11.2. The fourth-order valence-corrected chi connectivity index (χ4v) is 6.02. The third-order valence-electron chi connectivity index (χ3n) is 7.12. The van der Waals surface area contributed by atoms with E-state index in [9.17, 15) is 9.59 Å². The van der Waals surface area contributed by atoms with E-state index < -0.39 is 0 Å². The maximum atomic E-state index is 13.2. The standard InChI is InChI=1S/C28H32N4O3S/c1-35-25-17-23(30-22-10-6-5-9-21(22)25)28(34)32-15-12-20(13-16-32)27-31-24(18-36-27)26(33)29-14-11-19-7-3-2-4-8-19/h5-7,9-10,17-18,20H,2-4,8,11-16H2,1H3,(H,29,33). The van der Waals surface area contributed by atoms with Gasteiger partial charge < -0.3 is 15.0 Å². The number of thiazole rings is 1. The van der Waals surface area contributed by atoms with Crippen molar-refractivity contribution in [3.8, 4) is 5.75 Å². The number of nitrogens with zero attached hydrogens (tertiary/aromatic N) is 3. The number of amides is 2. The molecule has 0 radical (unpaired) electrons. The highest BCUT2D eigenvalue weighted by Gasteiger charge is 2.28. The lowest BCUT2D eigenvalue weighted by Gasteiger charge is -2.31. The van der Waals surface area contributed by atoms with Gasteiger partial charge in [0.2, 0.25) is 0 Å². The Balaban J connectivity index is 1.16. The van der Waals surface area contributed by atoms with Gasteiger partial charge in [-0.1, -0.05) is 23.8 Å². The highest BCUT2D eigenvalue weighted by atomic mass is 32.1. The van der Waals surface area contributed by atoms with Gasteiger partial charge in [-0.05, 0) is 57.1 Å². The van der Waals surface area contributed by atoms with E-state index in [4.69, 9.17) is 4.74 Å². The van der Waals surface area contributed by atoms with Gasteiger partial charge in [0.05, 0.1) is 17.6 Å². The largest absolute Gasteiger partial charge is 0.496 e.